The minimum absolute atomic E-state index is 0.0893. The minimum Gasteiger partial charge on any atom is -0.378 e. The topological polar surface area (TPSA) is 56.3 Å². The summed E-state index contributed by atoms with van der Waals surface area (Å²) in [6.45, 7) is 11.8. The van der Waals surface area contributed by atoms with Crippen LogP contribution in [0.3, 0.4) is 0 Å². The Morgan fingerprint density at radius 3 is 2.27 bits per heavy atom. The molecule has 2 saturated heterocycles. The fourth-order valence-corrected chi connectivity index (χ4v) is 5.65. The predicted octanol–water partition coefficient (Wildman–Crippen LogP) is 2.88. The van der Waals surface area contributed by atoms with Crippen molar-refractivity contribution in [1.29, 1.82) is 0 Å². The van der Waals surface area contributed by atoms with Crippen molar-refractivity contribution in [3.8, 4) is 11.1 Å². The van der Waals surface area contributed by atoms with E-state index in [4.69, 9.17) is 4.74 Å². The number of piperazine rings is 1. The monoisotopic (exact) mass is 470 g/mol. The van der Waals surface area contributed by atoms with E-state index in [1.165, 1.54) is 0 Å². The van der Waals surface area contributed by atoms with Crippen LogP contribution in [0.4, 0.5) is 5.00 Å². The number of anilines is 1. The number of hydrogen-bond donors (Lipinski definition) is 0. The third kappa shape index (κ3) is 5.57. The fraction of sp³-hybridized carbons (Fsp3) is 0.520. The van der Waals surface area contributed by atoms with Crippen molar-refractivity contribution in [2.45, 2.75) is 13.8 Å². The lowest BCUT2D eigenvalue weighted by molar-refractivity contribution is -0.132. The lowest BCUT2D eigenvalue weighted by atomic mass is 10.1. The second-order valence-corrected chi connectivity index (χ2v) is 9.46. The van der Waals surface area contributed by atoms with Crippen LogP contribution in [0.2, 0.25) is 0 Å². The Kier molecular flexibility index (Phi) is 8.01. The molecule has 8 heteroatoms. The summed E-state index contributed by atoms with van der Waals surface area (Å²) in [5.41, 5.74) is 2.25. The first-order valence-corrected chi connectivity index (χ1v) is 12.7. The molecule has 2 fully saturated rings. The summed E-state index contributed by atoms with van der Waals surface area (Å²) in [5.74, 6) is 0.257. The van der Waals surface area contributed by atoms with Crippen molar-refractivity contribution < 1.29 is 14.3 Å². The molecule has 33 heavy (non-hydrogen) atoms. The number of amides is 2. The number of thiophene rings is 1. The first kappa shape index (κ1) is 23.7. The van der Waals surface area contributed by atoms with Crippen LogP contribution >= 0.6 is 11.3 Å². The molecule has 1 aromatic carbocycles. The molecule has 3 heterocycles. The first-order valence-electron chi connectivity index (χ1n) is 11.9. The van der Waals surface area contributed by atoms with E-state index in [-0.39, 0.29) is 11.8 Å². The van der Waals surface area contributed by atoms with Gasteiger partial charge in [-0.2, -0.15) is 0 Å². The third-order valence-electron chi connectivity index (χ3n) is 6.44. The first-order chi connectivity index (χ1) is 16.1. The molecule has 0 bridgehead atoms. The molecular weight excluding hydrogens is 436 g/mol. The van der Waals surface area contributed by atoms with Gasteiger partial charge in [-0.1, -0.05) is 30.3 Å². The number of nitrogens with zero attached hydrogens (tertiary/aromatic N) is 4. The summed E-state index contributed by atoms with van der Waals surface area (Å²) in [6.07, 6.45) is 0. The smallest absolute Gasteiger partial charge is 0.264 e. The van der Waals surface area contributed by atoms with Crippen LogP contribution in [0.5, 0.6) is 0 Å². The molecule has 4 rings (SSSR count). The zero-order valence-electron chi connectivity index (χ0n) is 19.7. The molecule has 2 amide bonds. The standard InChI is InChI=1S/C25H34N4O3S/c1-3-27(4-2)23(30)19-26-10-12-28(13-11-26)24(31)22-18-21(20-8-6-5-7-9-20)25(33-22)29-14-16-32-17-15-29/h5-9,18H,3-4,10-17,19H2,1-2H3. The zero-order valence-corrected chi connectivity index (χ0v) is 20.5. The Morgan fingerprint density at radius 2 is 1.64 bits per heavy atom. The molecule has 0 aliphatic carbocycles. The van der Waals surface area contributed by atoms with E-state index in [1.807, 2.05) is 41.8 Å². The Labute approximate surface area is 200 Å². The summed E-state index contributed by atoms with van der Waals surface area (Å²) in [6, 6.07) is 12.4. The van der Waals surface area contributed by atoms with Gasteiger partial charge in [0.15, 0.2) is 0 Å². The zero-order chi connectivity index (χ0) is 23.2. The second-order valence-electron chi connectivity index (χ2n) is 8.43. The molecule has 0 N–H and O–H groups in total. The summed E-state index contributed by atoms with van der Waals surface area (Å²) in [7, 11) is 0. The molecule has 0 spiro atoms. The minimum atomic E-state index is 0.0893. The molecule has 178 valence electrons. The molecule has 2 aliphatic rings. The van der Waals surface area contributed by atoms with E-state index < -0.39 is 0 Å². The molecular formula is C25H34N4O3S. The van der Waals surface area contributed by atoms with Gasteiger partial charge in [0.05, 0.1) is 29.6 Å². The number of benzene rings is 1. The predicted molar refractivity (Wildman–Crippen MR) is 133 cm³/mol. The van der Waals surface area contributed by atoms with Gasteiger partial charge in [0, 0.05) is 57.9 Å². The Balaban J connectivity index is 1.45. The van der Waals surface area contributed by atoms with Crippen molar-refractivity contribution in [3.63, 3.8) is 0 Å². The molecule has 0 radical (unpaired) electrons. The average molecular weight is 471 g/mol. The molecule has 0 unspecified atom stereocenters. The van der Waals surface area contributed by atoms with E-state index in [0.29, 0.717) is 32.8 Å². The summed E-state index contributed by atoms with van der Waals surface area (Å²) in [4.78, 5) is 34.9. The SMILES string of the molecule is CCN(CC)C(=O)CN1CCN(C(=O)c2cc(-c3ccccc3)c(N3CCOCC3)s2)CC1. The number of hydrogen-bond acceptors (Lipinski definition) is 6. The van der Waals surface area contributed by atoms with Crippen LogP contribution in [0.15, 0.2) is 36.4 Å². The lowest BCUT2D eigenvalue weighted by Gasteiger charge is -2.35. The van der Waals surface area contributed by atoms with E-state index in [1.54, 1.807) is 11.3 Å². The van der Waals surface area contributed by atoms with Crippen LogP contribution in [0, 0.1) is 0 Å². The molecule has 2 aromatic rings. The van der Waals surface area contributed by atoms with E-state index in [9.17, 15) is 9.59 Å². The third-order valence-corrected chi connectivity index (χ3v) is 7.62. The Bertz CT molecular complexity index is 930. The van der Waals surface area contributed by atoms with Gasteiger partial charge in [-0.05, 0) is 25.5 Å². The van der Waals surface area contributed by atoms with Crippen LogP contribution < -0.4 is 4.90 Å². The maximum Gasteiger partial charge on any atom is 0.264 e. The van der Waals surface area contributed by atoms with Crippen LogP contribution in [0.25, 0.3) is 11.1 Å². The molecule has 0 saturated carbocycles. The normalized spacial score (nSPS) is 17.3. The summed E-state index contributed by atoms with van der Waals surface area (Å²) < 4.78 is 5.54. The van der Waals surface area contributed by atoms with Gasteiger partial charge in [0.2, 0.25) is 5.91 Å². The van der Waals surface area contributed by atoms with Gasteiger partial charge in [-0.15, -0.1) is 11.3 Å². The molecule has 0 atom stereocenters. The number of morpholine rings is 1. The van der Waals surface area contributed by atoms with Gasteiger partial charge >= 0.3 is 0 Å². The molecule has 2 aliphatic heterocycles. The Hall–Kier alpha value is -2.42. The van der Waals surface area contributed by atoms with Gasteiger partial charge in [-0.3, -0.25) is 14.5 Å². The average Bonchev–Trinajstić information content (AvgIpc) is 3.31. The summed E-state index contributed by atoms with van der Waals surface area (Å²) >= 11 is 1.59. The van der Waals surface area contributed by atoms with Crippen LogP contribution in [-0.4, -0.2) is 98.6 Å². The van der Waals surface area contributed by atoms with Gasteiger partial charge in [0.1, 0.15) is 0 Å². The number of carbonyl (C=O) groups is 2. The van der Waals surface area contributed by atoms with E-state index >= 15 is 0 Å². The quantitative estimate of drug-likeness (QED) is 0.623. The maximum atomic E-state index is 13.4. The number of ether oxygens (including phenoxy) is 1. The van der Waals surface area contributed by atoms with Crippen molar-refractivity contribution in [2.75, 3.05) is 77.0 Å². The second kappa shape index (κ2) is 11.1. The lowest BCUT2D eigenvalue weighted by Crippen LogP contribution is -2.51. The van der Waals surface area contributed by atoms with Crippen molar-refractivity contribution >= 4 is 28.2 Å². The molecule has 1 aromatic heterocycles. The Morgan fingerprint density at radius 1 is 0.970 bits per heavy atom. The maximum absolute atomic E-state index is 13.4. The van der Waals surface area contributed by atoms with Crippen molar-refractivity contribution in [3.05, 3.63) is 41.3 Å². The number of carbonyl (C=O) groups excluding carboxylic acids is 2. The number of rotatable bonds is 7. The van der Waals surface area contributed by atoms with Crippen LogP contribution in [-0.2, 0) is 9.53 Å². The van der Waals surface area contributed by atoms with Crippen LogP contribution in [0.1, 0.15) is 23.5 Å². The highest BCUT2D eigenvalue weighted by Crippen LogP contribution is 2.40. The van der Waals surface area contributed by atoms with Crippen molar-refractivity contribution in [1.82, 2.24) is 14.7 Å². The fourth-order valence-electron chi connectivity index (χ4n) is 4.45. The summed E-state index contributed by atoms with van der Waals surface area (Å²) in [5, 5.41) is 1.15. The van der Waals surface area contributed by atoms with Gasteiger partial charge < -0.3 is 19.4 Å². The number of likely N-dealkylation sites (N-methyl/N-ethyl adjacent to an activating group) is 1. The highest BCUT2D eigenvalue weighted by Gasteiger charge is 2.27. The van der Waals surface area contributed by atoms with E-state index in [2.05, 4.69) is 28.0 Å². The van der Waals surface area contributed by atoms with E-state index in [0.717, 1.165) is 60.3 Å². The van der Waals surface area contributed by atoms with Gasteiger partial charge in [-0.25, -0.2) is 0 Å². The highest BCUT2D eigenvalue weighted by atomic mass is 32.1. The largest absolute Gasteiger partial charge is 0.378 e. The highest BCUT2D eigenvalue weighted by molar-refractivity contribution is 7.18. The molecule has 7 nitrogen and oxygen atoms in total. The van der Waals surface area contributed by atoms with Crippen molar-refractivity contribution in [2.24, 2.45) is 0 Å². The van der Waals surface area contributed by atoms with Gasteiger partial charge in [0.25, 0.3) is 5.91 Å².